The molecule has 15 heavy (non-hydrogen) atoms. The first kappa shape index (κ1) is 11.3. The maximum Gasteiger partial charge on any atom is 0.325 e. The molecule has 0 saturated heterocycles. The molecule has 0 aliphatic carbocycles. The quantitative estimate of drug-likeness (QED) is 0.708. The molecule has 82 valence electrons. The van der Waals surface area contributed by atoms with Crippen LogP contribution in [0.2, 0.25) is 0 Å². The summed E-state index contributed by atoms with van der Waals surface area (Å²) in [5, 5.41) is 0. The fourth-order valence-electron chi connectivity index (χ4n) is 1.33. The number of ether oxygens (including phenoxy) is 1. The minimum Gasteiger partial charge on any atom is -0.468 e. The maximum atomic E-state index is 11.7. The Morgan fingerprint density at radius 3 is 2.67 bits per heavy atom. The van der Waals surface area contributed by atoms with Gasteiger partial charge in [0.05, 0.1) is 7.11 Å². The topological polar surface area (TPSA) is 74.3 Å². The van der Waals surface area contributed by atoms with Crippen LogP contribution in [0.1, 0.15) is 11.3 Å². The molecule has 1 aromatic rings. The number of aryl methyl sites for hydroxylation is 2. The molecule has 0 unspecified atom stereocenters. The average molecular weight is 210 g/mol. The largest absolute Gasteiger partial charge is 0.468 e. The van der Waals surface area contributed by atoms with E-state index >= 15 is 0 Å². The van der Waals surface area contributed by atoms with Gasteiger partial charge in [-0.05, 0) is 25.5 Å². The second-order valence-electron chi connectivity index (χ2n) is 3.35. The molecule has 0 fully saturated rings. The van der Waals surface area contributed by atoms with Crippen LogP contribution >= 0.6 is 0 Å². The summed E-state index contributed by atoms with van der Waals surface area (Å²) >= 11 is 0. The zero-order chi connectivity index (χ0) is 11.6. The van der Waals surface area contributed by atoms with Gasteiger partial charge < -0.3 is 10.5 Å². The van der Waals surface area contributed by atoms with Crippen LogP contribution in [0.5, 0.6) is 0 Å². The number of nitrogens with two attached hydrogens (primary N) is 1. The summed E-state index contributed by atoms with van der Waals surface area (Å²) < 4.78 is 5.79. The first-order valence-electron chi connectivity index (χ1n) is 4.50. The van der Waals surface area contributed by atoms with E-state index in [1.165, 1.54) is 11.7 Å². The first-order chi connectivity index (χ1) is 6.97. The number of pyridine rings is 1. The van der Waals surface area contributed by atoms with Gasteiger partial charge in [0, 0.05) is 5.69 Å². The lowest BCUT2D eigenvalue weighted by Crippen LogP contribution is -2.29. The van der Waals surface area contributed by atoms with Crippen molar-refractivity contribution >= 4 is 11.7 Å². The van der Waals surface area contributed by atoms with Crippen LogP contribution in [0.25, 0.3) is 0 Å². The van der Waals surface area contributed by atoms with Crippen molar-refractivity contribution in [3.8, 4) is 0 Å². The number of anilines is 1. The van der Waals surface area contributed by atoms with Gasteiger partial charge in [-0.3, -0.25) is 14.2 Å². The number of rotatable bonds is 2. The van der Waals surface area contributed by atoms with Crippen LogP contribution in [-0.2, 0) is 16.1 Å². The number of carbonyl (C=O) groups is 1. The third-order valence-corrected chi connectivity index (χ3v) is 2.27. The van der Waals surface area contributed by atoms with Gasteiger partial charge >= 0.3 is 5.97 Å². The summed E-state index contributed by atoms with van der Waals surface area (Å²) in [6.07, 6.45) is 0. The lowest BCUT2D eigenvalue weighted by Gasteiger charge is -2.10. The van der Waals surface area contributed by atoms with E-state index < -0.39 is 5.97 Å². The Balaban J connectivity index is 3.24. The van der Waals surface area contributed by atoms with Gasteiger partial charge in [0.2, 0.25) is 0 Å². The van der Waals surface area contributed by atoms with E-state index in [4.69, 9.17) is 5.73 Å². The second kappa shape index (κ2) is 4.16. The van der Waals surface area contributed by atoms with Gasteiger partial charge in [-0.2, -0.15) is 0 Å². The Kier molecular flexibility index (Phi) is 3.14. The summed E-state index contributed by atoms with van der Waals surface area (Å²) in [6.45, 7) is 3.40. The molecule has 0 saturated carbocycles. The van der Waals surface area contributed by atoms with Crippen LogP contribution in [0.15, 0.2) is 10.9 Å². The molecule has 0 spiro atoms. The number of methoxy groups -OCH3 is 1. The van der Waals surface area contributed by atoms with Crippen LogP contribution < -0.4 is 11.3 Å². The molecule has 0 aliphatic heterocycles. The summed E-state index contributed by atoms with van der Waals surface area (Å²) in [6, 6.07) is 1.76. The van der Waals surface area contributed by atoms with E-state index in [-0.39, 0.29) is 17.8 Å². The highest BCUT2D eigenvalue weighted by Gasteiger charge is 2.10. The third kappa shape index (κ3) is 2.18. The number of nitrogen functional groups attached to an aromatic ring is 1. The molecular formula is C10H14N2O3. The Hall–Kier alpha value is -1.78. The van der Waals surface area contributed by atoms with Crippen molar-refractivity contribution in [2.24, 2.45) is 0 Å². The smallest absolute Gasteiger partial charge is 0.325 e. The minimum atomic E-state index is -0.469. The molecule has 0 radical (unpaired) electrons. The summed E-state index contributed by atoms with van der Waals surface area (Å²) in [4.78, 5) is 22.8. The molecule has 1 aromatic heterocycles. The molecule has 1 heterocycles. The number of hydrogen-bond donors (Lipinski definition) is 1. The Labute approximate surface area is 87.5 Å². The first-order valence-corrected chi connectivity index (χ1v) is 4.50. The highest BCUT2D eigenvalue weighted by Crippen LogP contribution is 2.07. The number of carbonyl (C=O) groups excluding carboxylic acids is 1. The van der Waals surface area contributed by atoms with E-state index in [0.717, 1.165) is 5.56 Å². The van der Waals surface area contributed by atoms with Crippen LogP contribution in [-0.4, -0.2) is 17.6 Å². The van der Waals surface area contributed by atoms with Gasteiger partial charge in [-0.1, -0.05) is 0 Å². The van der Waals surface area contributed by atoms with Gasteiger partial charge in [-0.15, -0.1) is 0 Å². The van der Waals surface area contributed by atoms with Gasteiger partial charge in [0.15, 0.2) is 0 Å². The van der Waals surface area contributed by atoms with Gasteiger partial charge in [-0.25, -0.2) is 0 Å². The van der Waals surface area contributed by atoms with Crippen molar-refractivity contribution in [2.45, 2.75) is 20.4 Å². The molecule has 0 aliphatic rings. The molecule has 2 N–H and O–H groups in total. The lowest BCUT2D eigenvalue weighted by atomic mass is 10.2. The summed E-state index contributed by atoms with van der Waals surface area (Å²) in [5.41, 5.74) is 6.82. The van der Waals surface area contributed by atoms with E-state index in [9.17, 15) is 9.59 Å². The van der Waals surface area contributed by atoms with Gasteiger partial charge in [0.1, 0.15) is 12.2 Å². The third-order valence-electron chi connectivity index (χ3n) is 2.27. The predicted octanol–water partition coefficient (Wildman–Crippen LogP) is 0.220. The van der Waals surface area contributed by atoms with E-state index in [1.54, 1.807) is 19.9 Å². The van der Waals surface area contributed by atoms with Crippen molar-refractivity contribution in [2.75, 3.05) is 12.8 Å². The fourth-order valence-corrected chi connectivity index (χ4v) is 1.33. The van der Waals surface area contributed by atoms with Crippen LogP contribution in [0.3, 0.4) is 0 Å². The predicted molar refractivity (Wildman–Crippen MR) is 56.6 cm³/mol. The minimum absolute atomic E-state index is 0.106. The average Bonchev–Trinajstić information content (AvgIpc) is 2.21. The molecule has 5 nitrogen and oxygen atoms in total. The maximum absolute atomic E-state index is 11.7. The van der Waals surface area contributed by atoms with Crippen LogP contribution in [0.4, 0.5) is 5.69 Å². The van der Waals surface area contributed by atoms with Gasteiger partial charge in [0.25, 0.3) is 5.56 Å². The molecule has 1 rings (SSSR count). The van der Waals surface area contributed by atoms with Crippen molar-refractivity contribution in [3.05, 3.63) is 27.7 Å². The molecule has 0 amide bonds. The normalized spacial score (nSPS) is 10.1. The zero-order valence-corrected chi connectivity index (χ0v) is 9.03. The summed E-state index contributed by atoms with van der Waals surface area (Å²) in [7, 11) is 1.28. The van der Waals surface area contributed by atoms with Crippen molar-refractivity contribution in [3.63, 3.8) is 0 Å². The molecule has 0 aromatic carbocycles. The number of aromatic nitrogens is 1. The van der Waals surface area contributed by atoms with Crippen molar-refractivity contribution in [1.82, 2.24) is 4.57 Å². The Morgan fingerprint density at radius 1 is 1.53 bits per heavy atom. The molecule has 5 heteroatoms. The van der Waals surface area contributed by atoms with E-state index in [0.29, 0.717) is 5.69 Å². The highest BCUT2D eigenvalue weighted by molar-refractivity contribution is 5.69. The summed E-state index contributed by atoms with van der Waals surface area (Å²) in [5.74, 6) is -0.469. The number of esters is 1. The molecule has 0 atom stereocenters. The molecular weight excluding hydrogens is 196 g/mol. The number of hydrogen-bond acceptors (Lipinski definition) is 4. The fraction of sp³-hybridized carbons (Fsp3) is 0.400. The Bertz CT molecular complexity index is 449. The highest BCUT2D eigenvalue weighted by atomic mass is 16.5. The van der Waals surface area contributed by atoms with Crippen molar-refractivity contribution < 1.29 is 9.53 Å². The van der Waals surface area contributed by atoms with Crippen LogP contribution in [0, 0.1) is 13.8 Å². The lowest BCUT2D eigenvalue weighted by molar-refractivity contribution is -0.141. The monoisotopic (exact) mass is 210 g/mol. The molecule has 0 bridgehead atoms. The number of nitrogens with zero attached hydrogens (tertiary/aromatic N) is 1. The Morgan fingerprint density at radius 2 is 2.13 bits per heavy atom. The second-order valence-corrected chi connectivity index (χ2v) is 3.35. The zero-order valence-electron chi connectivity index (χ0n) is 9.03. The van der Waals surface area contributed by atoms with E-state index in [1.807, 2.05) is 0 Å². The van der Waals surface area contributed by atoms with E-state index in [2.05, 4.69) is 4.74 Å². The SMILES string of the molecule is COC(=O)Cn1c(C)cc(C)c(N)c1=O. The standard InChI is InChI=1S/C10H14N2O3/c1-6-4-7(2)12(5-8(13)15-3)10(14)9(6)11/h4H,5,11H2,1-3H3. The van der Waals surface area contributed by atoms with Crippen molar-refractivity contribution in [1.29, 1.82) is 0 Å².